The van der Waals surface area contributed by atoms with Crippen molar-refractivity contribution in [2.45, 2.75) is 32.7 Å². The predicted octanol–water partition coefficient (Wildman–Crippen LogP) is 3.73. The van der Waals surface area contributed by atoms with Crippen molar-refractivity contribution in [2.75, 3.05) is 6.54 Å². The van der Waals surface area contributed by atoms with Gasteiger partial charge in [0.1, 0.15) is 0 Å². The van der Waals surface area contributed by atoms with Crippen LogP contribution >= 0.6 is 11.3 Å². The fraction of sp³-hybridized carbons (Fsp3) is 0.400. The normalized spacial score (nSPS) is 12.6. The van der Waals surface area contributed by atoms with Gasteiger partial charge in [0.25, 0.3) is 0 Å². The lowest BCUT2D eigenvalue weighted by atomic mass is 10.1. The molecule has 0 saturated carbocycles. The van der Waals surface area contributed by atoms with E-state index in [1.54, 1.807) is 0 Å². The monoisotopic (exact) mass is 260 g/mol. The summed E-state index contributed by atoms with van der Waals surface area (Å²) in [7, 11) is 0. The van der Waals surface area contributed by atoms with Gasteiger partial charge >= 0.3 is 0 Å². The van der Waals surface area contributed by atoms with Gasteiger partial charge in [-0.15, -0.1) is 11.3 Å². The van der Waals surface area contributed by atoms with Gasteiger partial charge in [-0.05, 0) is 50.1 Å². The molecule has 96 valence electrons. The minimum absolute atomic E-state index is 0.467. The highest BCUT2D eigenvalue weighted by Gasteiger charge is 2.12. The molecule has 0 bridgehead atoms. The molecule has 0 aliphatic carbocycles. The van der Waals surface area contributed by atoms with Crippen LogP contribution in [0, 0.1) is 6.92 Å². The Bertz CT molecular complexity index is 464. The van der Waals surface area contributed by atoms with Gasteiger partial charge in [0.2, 0.25) is 0 Å². The standard InChI is InChI=1S/C15H20N2S/c1-3-17-14(15-9-6-12(2)18-15)8-7-13-5-4-10-16-11-13/h4-6,9-11,14,17H,3,7-8H2,1-2H3. The van der Waals surface area contributed by atoms with Gasteiger partial charge in [0.05, 0.1) is 0 Å². The van der Waals surface area contributed by atoms with Gasteiger partial charge in [-0.1, -0.05) is 13.0 Å². The lowest BCUT2D eigenvalue weighted by molar-refractivity contribution is 0.522. The second kappa shape index (κ2) is 6.66. The van der Waals surface area contributed by atoms with E-state index in [9.17, 15) is 0 Å². The second-order valence-electron chi connectivity index (χ2n) is 4.46. The Balaban J connectivity index is 1.98. The van der Waals surface area contributed by atoms with Crippen LogP contribution in [0.1, 0.15) is 34.7 Å². The molecule has 2 rings (SSSR count). The predicted molar refractivity (Wildman–Crippen MR) is 78.0 cm³/mol. The lowest BCUT2D eigenvalue weighted by Gasteiger charge is -2.16. The van der Waals surface area contributed by atoms with Gasteiger partial charge in [0, 0.05) is 28.2 Å². The van der Waals surface area contributed by atoms with Crippen LogP contribution in [-0.4, -0.2) is 11.5 Å². The highest BCUT2D eigenvalue weighted by Crippen LogP contribution is 2.26. The molecule has 18 heavy (non-hydrogen) atoms. The molecule has 0 spiro atoms. The maximum atomic E-state index is 4.17. The molecule has 1 atom stereocenters. The molecule has 2 nitrogen and oxygen atoms in total. The number of thiophene rings is 1. The first-order chi connectivity index (χ1) is 8.79. The SMILES string of the molecule is CCNC(CCc1cccnc1)c1ccc(C)s1. The Morgan fingerprint density at radius 1 is 1.33 bits per heavy atom. The smallest absolute Gasteiger partial charge is 0.0417 e. The molecule has 0 amide bonds. The van der Waals surface area contributed by atoms with Crippen molar-refractivity contribution in [1.82, 2.24) is 10.3 Å². The van der Waals surface area contributed by atoms with Crippen LogP contribution in [0.2, 0.25) is 0 Å². The highest BCUT2D eigenvalue weighted by atomic mass is 32.1. The zero-order chi connectivity index (χ0) is 12.8. The second-order valence-corrected chi connectivity index (χ2v) is 5.78. The first-order valence-corrected chi connectivity index (χ1v) is 7.30. The molecular formula is C15H20N2S. The first kappa shape index (κ1) is 13.2. The summed E-state index contributed by atoms with van der Waals surface area (Å²) in [5, 5.41) is 3.57. The van der Waals surface area contributed by atoms with Crippen molar-refractivity contribution < 1.29 is 0 Å². The summed E-state index contributed by atoms with van der Waals surface area (Å²) in [6, 6.07) is 9.07. The summed E-state index contributed by atoms with van der Waals surface area (Å²) in [5.74, 6) is 0. The van der Waals surface area contributed by atoms with Crippen LogP contribution in [-0.2, 0) is 6.42 Å². The third-order valence-corrected chi connectivity index (χ3v) is 4.11. The van der Waals surface area contributed by atoms with Crippen LogP contribution in [0.25, 0.3) is 0 Å². The Morgan fingerprint density at radius 2 is 2.22 bits per heavy atom. The first-order valence-electron chi connectivity index (χ1n) is 6.48. The number of rotatable bonds is 6. The van der Waals surface area contributed by atoms with Crippen LogP contribution < -0.4 is 5.32 Å². The van der Waals surface area contributed by atoms with Crippen LogP contribution in [0.4, 0.5) is 0 Å². The Morgan fingerprint density at radius 3 is 2.83 bits per heavy atom. The van der Waals surface area contributed by atoms with Crippen molar-refractivity contribution >= 4 is 11.3 Å². The Kier molecular flexibility index (Phi) is 4.90. The molecule has 0 radical (unpaired) electrons. The number of pyridine rings is 1. The average Bonchev–Trinajstić information content (AvgIpc) is 2.82. The van der Waals surface area contributed by atoms with E-state index in [-0.39, 0.29) is 0 Å². The highest BCUT2D eigenvalue weighted by molar-refractivity contribution is 7.12. The molecule has 2 aromatic rings. The fourth-order valence-electron chi connectivity index (χ4n) is 2.09. The van der Waals surface area contributed by atoms with Gasteiger partial charge in [-0.3, -0.25) is 4.98 Å². The molecule has 0 aliphatic rings. The van der Waals surface area contributed by atoms with Crippen LogP contribution in [0.5, 0.6) is 0 Å². The maximum absolute atomic E-state index is 4.17. The molecule has 3 heteroatoms. The molecular weight excluding hydrogens is 240 g/mol. The van der Waals surface area contributed by atoms with Crippen molar-refractivity contribution in [2.24, 2.45) is 0 Å². The van der Waals surface area contributed by atoms with E-state index in [1.807, 2.05) is 29.8 Å². The van der Waals surface area contributed by atoms with Crippen LogP contribution in [0.15, 0.2) is 36.7 Å². The number of nitrogens with one attached hydrogen (secondary N) is 1. The van der Waals surface area contributed by atoms with E-state index in [4.69, 9.17) is 0 Å². The molecule has 0 saturated heterocycles. The zero-order valence-electron chi connectivity index (χ0n) is 11.0. The topological polar surface area (TPSA) is 24.9 Å². The number of hydrogen-bond acceptors (Lipinski definition) is 3. The van der Waals surface area contributed by atoms with Crippen molar-refractivity contribution in [3.8, 4) is 0 Å². The quantitative estimate of drug-likeness (QED) is 0.856. The number of hydrogen-bond donors (Lipinski definition) is 1. The maximum Gasteiger partial charge on any atom is 0.0417 e. The van der Waals surface area contributed by atoms with Gasteiger partial charge < -0.3 is 5.32 Å². The van der Waals surface area contributed by atoms with Crippen molar-refractivity contribution in [3.05, 3.63) is 52.0 Å². The summed E-state index contributed by atoms with van der Waals surface area (Å²) >= 11 is 1.89. The zero-order valence-corrected chi connectivity index (χ0v) is 11.8. The van der Waals surface area contributed by atoms with Gasteiger partial charge in [0.15, 0.2) is 0 Å². The minimum atomic E-state index is 0.467. The fourth-order valence-corrected chi connectivity index (χ4v) is 3.08. The molecule has 0 fully saturated rings. The number of nitrogens with zero attached hydrogens (tertiary/aromatic N) is 1. The van der Waals surface area contributed by atoms with Gasteiger partial charge in [-0.25, -0.2) is 0 Å². The van der Waals surface area contributed by atoms with E-state index in [0.717, 1.165) is 19.4 Å². The molecule has 0 aliphatic heterocycles. The molecule has 0 aromatic carbocycles. The number of aryl methyl sites for hydroxylation is 2. The van der Waals surface area contributed by atoms with E-state index in [0.29, 0.717) is 6.04 Å². The summed E-state index contributed by atoms with van der Waals surface area (Å²) in [6.07, 6.45) is 5.98. The molecule has 1 unspecified atom stereocenters. The van der Waals surface area contributed by atoms with Crippen molar-refractivity contribution in [3.63, 3.8) is 0 Å². The molecule has 2 heterocycles. The minimum Gasteiger partial charge on any atom is -0.310 e. The molecule has 2 aromatic heterocycles. The Labute approximate surface area is 113 Å². The van der Waals surface area contributed by atoms with E-state index in [2.05, 4.69) is 42.3 Å². The van der Waals surface area contributed by atoms with E-state index < -0.39 is 0 Å². The lowest BCUT2D eigenvalue weighted by Crippen LogP contribution is -2.20. The van der Waals surface area contributed by atoms with E-state index >= 15 is 0 Å². The summed E-state index contributed by atoms with van der Waals surface area (Å²) in [4.78, 5) is 6.99. The van der Waals surface area contributed by atoms with E-state index in [1.165, 1.54) is 15.3 Å². The average molecular weight is 260 g/mol. The van der Waals surface area contributed by atoms with Crippen molar-refractivity contribution in [1.29, 1.82) is 0 Å². The third kappa shape index (κ3) is 3.65. The summed E-state index contributed by atoms with van der Waals surface area (Å²) < 4.78 is 0. The van der Waals surface area contributed by atoms with Gasteiger partial charge in [-0.2, -0.15) is 0 Å². The number of aromatic nitrogens is 1. The van der Waals surface area contributed by atoms with Crippen LogP contribution in [0.3, 0.4) is 0 Å². The summed E-state index contributed by atoms with van der Waals surface area (Å²) in [6.45, 7) is 5.34. The summed E-state index contributed by atoms with van der Waals surface area (Å²) in [5.41, 5.74) is 1.31. The Hall–Kier alpha value is -1.19. The molecule has 1 N–H and O–H groups in total. The largest absolute Gasteiger partial charge is 0.310 e. The third-order valence-electron chi connectivity index (χ3n) is 3.00.